The number of piperidine rings is 1. The Kier molecular flexibility index (Phi) is 4.29. The highest BCUT2D eigenvalue weighted by atomic mass is 16.4. The van der Waals surface area contributed by atoms with E-state index in [1.54, 1.807) is 9.80 Å². The highest BCUT2D eigenvalue weighted by molar-refractivity contribution is 5.75. The molecule has 0 radical (unpaired) electrons. The zero-order valence-corrected chi connectivity index (χ0v) is 11.3. The van der Waals surface area contributed by atoms with Crippen molar-refractivity contribution in [1.29, 1.82) is 0 Å². The lowest BCUT2D eigenvalue weighted by molar-refractivity contribution is -0.138. The normalized spacial score (nSPS) is 31.6. The Morgan fingerprint density at radius 2 is 1.79 bits per heavy atom. The number of aliphatic hydroxyl groups is 1. The first kappa shape index (κ1) is 14.1. The third-order valence-corrected chi connectivity index (χ3v) is 4.15. The predicted octanol–water partition coefficient (Wildman–Crippen LogP) is 0.606. The number of carboxylic acids is 1. The van der Waals surface area contributed by atoms with Crippen LogP contribution in [0.3, 0.4) is 0 Å². The molecule has 2 aliphatic heterocycles. The van der Waals surface area contributed by atoms with Gasteiger partial charge in [-0.05, 0) is 24.7 Å². The standard InChI is InChI=1S/C13H22N2O4/c1-9-7-14(5-3-11(9)16)13(19)15-4-2-10(8-15)6-12(17)18/h9-11,16H,2-8H2,1H3,(H,17,18). The molecule has 19 heavy (non-hydrogen) atoms. The van der Waals surface area contributed by atoms with E-state index in [-0.39, 0.29) is 30.4 Å². The summed E-state index contributed by atoms with van der Waals surface area (Å²) in [5.41, 5.74) is 0. The average Bonchev–Trinajstić information content (AvgIpc) is 2.79. The molecule has 0 aromatic heterocycles. The minimum absolute atomic E-state index is 0.00774. The molecule has 6 nitrogen and oxygen atoms in total. The molecule has 0 aromatic rings. The molecule has 2 N–H and O–H groups in total. The van der Waals surface area contributed by atoms with Crippen LogP contribution in [0.2, 0.25) is 0 Å². The van der Waals surface area contributed by atoms with E-state index in [0.29, 0.717) is 32.6 Å². The minimum Gasteiger partial charge on any atom is -0.481 e. The fourth-order valence-electron chi connectivity index (χ4n) is 2.93. The summed E-state index contributed by atoms with van der Waals surface area (Å²) >= 11 is 0. The highest BCUT2D eigenvalue weighted by Gasteiger charge is 2.33. The molecule has 2 rings (SSSR count). The van der Waals surface area contributed by atoms with Gasteiger partial charge in [0.1, 0.15) is 0 Å². The summed E-state index contributed by atoms with van der Waals surface area (Å²) < 4.78 is 0. The summed E-state index contributed by atoms with van der Waals surface area (Å²) in [6.45, 7) is 4.30. The summed E-state index contributed by atoms with van der Waals surface area (Å²) in [7, 11) is 0. The van der Waals surface area contributed by atoms with Crippen molar-refractivity contribution in [2.45, 2.75) is 32.3 Å². The Hall–Kier alpha value is -1.30. The van der Waals surface area contributed by atoms with E-state index in [1.807, 2.05) is 6.92 Å². The summed E-state index contributed by atoms with van der Waals surface area (Å²) in [5, 5.41) is 18.4. The van der Waals surface area contributed by atoms with Crippen molar-refractivity contribution in [3.8, 4) is 0 Å². The molecule has 0 aliphatic carbocycles. The van der Waals surface area contributed by atoms with Crippen LogP contribution in [0.4, 0.5) is 4.79 Å². The summed E-state index contributed by atoms with van der Waals surface area (Å²) in [6, 6.07) is -0.00774. The molecular weight excluding hydrogens is 248 g/mol. The predicted molar refractivity (Wildman–Crippen MR) is 68.7 cm³/mol. The zero-order valence-electron chi connectivity index (χ0n) is 11.3. The fraction of sp³-hybridized carbons (Fsp3) is 0.846. The topological polar surface area (TPSA) is 81.1 Å². The molecule has 0 aromatic carbocycles. The molecule has 3 unspecified atom stereocenters. The maximum atomic E-state index is 12.3. The van der Waals surface area contributed by atoms with E-state index in [2.05, 4.69) is 0 Å². The largest absolute Gasteiger partial charge is 0.481 e. The number of aliphatic hydroxyl groups excluding tert-OH is 1. The van der Waals surface area contributed by atoms with Crippen LogP contribution in [0.5, 0.6) is 0 Å². The quantitative estimate of drug-likeness (QED) is 0.770. The van der Waals surface area contributed by atoms with Crippen molar-refractivity contribution in [3.05, 3.63) is 0 Å². The van der Waals surface area contributed by atoms with E-state index in [4.69, 9.17) is 5.11 Å². The van der Waals surface area contributed by atoms with Gasteiger partial charge in [-0.2, -0.15) is 0 Å². The second-order valence-corrected chi connectivity index (χ2v) is 5.76. The van der Waals surface area contributed by atoms with Crippen LogP contribution in [0, 0.1) is 11.8 Å². The summed E-state index contributed by atoms with van der Waals surface area (Å²) in [4.78, 5) is 26.5. The maximum Gasteiger partial charge on any atom is 0.320 e. The maximum absolute atomic E-state index is 12.3. The molecule has 3 atom stereocenters. The van der Waals surface area contributed by atoms with Crippen LogP contribution >= 0.6 is 0 Å². The first-order chi connectivity index (χ1) is 8.97. The number of carbonyl (C=O) groups is 2. The Balaban J connectivity index is 1.86. The van der Waals surface area contributed by atoms with Crippen LogP contribution in [0.1, 0.15) is 26.2 Å². The van der Waals surface area contributed by atoms with Gasteiger partial charge in [0, 0.05) is 32.6 Å². The number of carbonyl (C=O) groups excluding carboxylic acids is 1. The number of nitrogens with zero attached hydrogens (tertiary/aromatic N) is 2. The smallest absolute Gasteiger partial charge is 0.320 e. The Bertz CT molecular complexity index is 361. The van der Waals surface area contributed by atoms with Gasteiger partial charge in [0.15, 0.2) is 0 Å². The van der Waals surface area contributed by atoms with Gasteiger partial charge in [-0.15, -0.1) is 0 Å². The molecule has 2 saturated heterocycles. The van der Waals surface area contributed by atoms with Gasteiger partial charge in [0.05, 0.1) is 6.10 Å². The third-order valence-electron chi connectivity index (χ3n) is 4.15. The first-order valence-corrected chi connectivity index (χ1v) is 6.91. The third kappa shape index (κ3) is 3.37. The molecule has 2 amide bonds. The molecule has 108 valence electrons. The van der Waals surface area contributed by atoms with Crippen LogP contribution in [-0.2, 0) is 4.79 Å². The second-order valence-electron chi connectivity index (χ2n) is 5.76. The van der Waals surface area contributed by atoms with E-state index in [9.17, 15) is 14.7 Å². The van der Waals surface area contributed by atoms with Crippen LogP contribution < -0.4 is 0 Å². The van der Waals surface area contributed by atoms with Crippen molar-refractivity contribution in [3.63, 3.8) is 0 Å². The molecular formula is C13H22N2O4. The van der Waals surface area contributed by atoms with Gasteiger partial charge >= 0.3 is 12.0 Å². The van der Waals surface area contributed by atoms with Crippen molar-refractivity contribution < 1.29 is 19.8 Å². The van der Waals surface area contributed by atoms with Crippen molar-refractivity contribution >= 4 is 12.0 Å². The van der Waals surface area contributed by atoms with Gasteiger partial charge in [-0.25, -0.2) is 4.79 Å². The summed E-state index contributed by atoms with van der Waals surface area (Å²) in [5.74, 6) is -0.613. The van der Waals surface area contributed by atoms with Gasteiger partial charge in [0.25, 0.3) is 0 Å². The number of hydrogen-bond donors (Lipinski definition) is 2. The zero-order chi connectivity index (χ0) is 14.0. The number of carboxylic acid groups (broad SMARTS) is 1. The summed E-state index contributed by atoms with van der Waals surface area (Å²) in [6.07, 6.45) is 1.21. The van der Waals surface area contributed by atoms with Gasteiger partial charge in [-0.3, -0.25) is 4.79 Å². The Morgan fingerprint density at radius 3 is 2.42 bits per heavy atom. The number of amides is 2. The lowest BCUT2D eigenvalue weighted by Gasteiger charge is -2.36. The van der Waals surface area contributed by atoms with Crippen LogP contribution in [-0.4, -0.2) is 64.3 Å². The first-order valence-electron chi connectivity index (χ1n) is 6.91. The van der Waals surface area contributed by atoms with Crippen LogP contribution in [0.15, 0.2) is 0 Å². The molecule has 0 spiro atoms. The van der Waals surface area contributed by atoms with E-state index >= 15 is 0 Å². The van der Waals surface area contributed by atoms with Crippen molar-refractivity contribution in [2.24, 2.45) is 11.8 Å². The molecule has 0 saturated carbocycles. The molecule has 2 fully saturated rings. The highest BCUT2D eigenvalue weighted by Crippen LogP contribution is 2.23. The monoisotopic (exact) mass is 270 g/mol. The fourth-order valence-corrected chi connectivity index (χ4v) is 2.93. The Morgan fingerprint density at radius 1 is 1.16 bits per heavy atom. The molecule has 2 heterocycles. The lowest BCUT2D eigenvalue weighted by atomic mass is 9.97. The van der Waals surface area contributed by atoms with E-state index in [0.717, 1.165) is 6.42 Å². The van der Waals surface area contributed by atoms with Gasteiger partial charge < -0.3 is 20.0 Å². The van der Waals surface area contributed by atoms with Crippen molar-refractivity contribution in [2.75, 3.05) is 26.2 Å². The minimum atomic E-state index is -0.797. The SMILES string of the molecule is CC1CN(C(=O)N2CCC(CC(=O)O)C2)CCC1O. The van der Waals surface area contributed by atoms with Gasteiger partial charge in [0.2, 0.25) is 0 Å². The molecule has 6 heteroatoms. The number of aliphatic carboxylic acids is 1. The number of likely N-dealkylation sites (tertiary alicyclic amines) is 2. The number of urea groups is 1. The van der Waals surface area contributed by atoms with Crippen molar-refractivity contribution in [1.82, 2.24) is 9.80 Å². The number of rotatable bonds is 2. The van der Waals surface area contributed by atoms with E-state index in [1.165, 1.54) is 0 Å². The van der Waals surface area contributed by atoms with Crippen LogP contribution in [0.25, 0.3) is 0 Å². The average molecular weight is 270 g/mol. The molecule has 2 aliphatic rings. The van der Waals surface area contributed by atoms with E-state index < -0.39 is 5.97 Å². The van der Waals surface area contributed by atoms with Gasteiger partial charge in [-0.1, -0.05) is 6.92 Å². The number of hydrogen-bond acceptors (Lipinski definition) is 3. The lowest BCUT2D eigenvalue weighted by Crippen LogP contribution is -2.49. The Labute approximate surface area is 113 Å². The molecule has 0 bridgehead atoms. The second kappa shape index (κ2) is 5.77.